The third kappa shape index (κ3) is 3.71. The lowest BCUT2D eigenvalue weighted by molar-refractivity contribution is 0.172. The maximum atomic E-state index is 10.3. The second-order valence-electron chi connectivity index (χ2n) is 1.38. The van der Waals surface area contributed by atoms with Crippen LogP contribution in [-0.4, -0.2) is 25.8 Å². The minimum Gasteiger partial charge on any atom is -0.465 e. The summed E-state index contributed by atoms with van der Waals surface area (Å²) < 4.78 is 8.78. The number of rotatable bonds is 1. The van der Waals surface area contributed by atoms with Gasteiger partial charge >= 0.3 is 6.09 Å². The zero-order valence-electron chi connectivity index (χ0n) is 5.93. The van der Waals surface area contributed by atoms with Gasteiger partial charge in [0.15, 0.2) is 0 Å². The highest BCUT2D eigenvalue weighted by atomic mass is 16.6. The fourth-order valence-corrected chi connectivity index (χ4v) is 0.324. The van der Waals surface area contributed by atoms with Crippen molar-refractivity contribution in [3.63, 3.8) is 0 Å². The standard InChI is InChI=1S/C5H10N2O3/c1-3-10-4(6)7-5(8)9-2/h3H2,1-2H3,(H2,6,7,8). The first-order chi connectivity index (χ1) is 4.70. The Labute approximate surface area is 58.8 Å². The van der Waals surface area contributed by atoms with Crippen LogP contribution in [0.15, 0.2) is 0 Å². The van der Waals surface area contributed by atoms with E-state index in [0.29, 0.717) is 6.61 Å². The monoisotopic (exact) mass is 146 g/mol. The van der Waals surface area contributed by atoms with Crippen molar-refractivity contribution in [1.82, 2.24) is 5.32 Å². The van der Waals surface area contributed by atoms with Crippen LogP contribution in [-0.2, 0) is 9.47 Å². The van der Waals surface area contributed by atoms with E-state index in [4.69, 9.17) is 5.41 Å². The molecule has 5 heteroatoms. The highest BCUT2D eigenvalue weighted by molar-refractivity contribution is 5.88. The first kappa shape index (κ1) is 8.74. The van der Waals surface area contributed by atoms with E-state index in [9.17, 15) is 4.79 Å². The summed E-state index contributed by atoms with van der Waals surface area (Å²) in [6.07, 6.45) is -0.696. The first-order valence-electron chi connectivity index (χ1n) is 2.77. The van der Waals surface area contributed by atoms with Crippen LogP contribution >= 0.6 is 0 Å². The average molecular weight is 146 g/mol. The van der Waals surface area contributed by atoms with Crippen molar-refractivity contribution in [3.8, 4) is 0 Å². The van der Waals surface area contributed by atoms with E-state index in [0.717, 1.165) is 0 Å². The molecule has 0 saturated heterocycles. The summed E-state index contributed by atoms with van der Waals surface area (Å²) >= 11 is 0. The molecule has 0 bridgehead atoms. The molecule has 5 nitrogen and oxygen atoms in total. The van der Waals surface area contributed by atoms with Crippen LogP contribution in [0.2, 0.25) is 0 Å². The lowest BCUT2D eigenvalue weighted by Gasteiger charge is -2.03. The van der Waals surface area contributed by atoms with Crippen molar-refractivity contribution in [2.24, 2.45) is 0 Å². The van der Waals surface area contributed by atoms with Crippen LogP contribution < -0.4 is 5.32 Å². The van der Waals surface area contributed by atoms with E-state index in [1.54, 1.807) is 6.92 Å². The Bertz CT molecular complexity index is 135. The molecule has 0 saturated carbocycles. The molecule has 0 unspecified atom stereocenters. The maximum absolute atomic E-state index is 10.3. The quantitative estimate of drug-likeness (QED) is 0.413. The molecule has 58 valence electrons. The predicted molar refractivity (Wildman–Crippen MR) is 34.9 cm³/mol. The number of carbonyl (C=O) groups is 1. The number of amides is 1. The molecule has 0 heterocycles. The van der Waals surface area contributed by atoms with Crippen molar-refractivity contribution < 1.29 is 14.3 Å². The van der Waals surface area contributed by atoms with E-state index >= 15 is 0 Å². The summed E-state index contributed by atoms with van der Waals surface area (Å²) in [5.41, 5.74) is 0. The molecule has 0 aliphatic heterocycles. The normalized spacial score (nSPS) is 8.20. The van der Waals surface area contributed by atoms with Crippen molar-refractivity contribution in [2.45, 2.75) is 6.92 Å². The summed E-state index contributed by atoms with van der Waals surface area (Å²) in [6.45, 7) is 2.07. The molecule has 0 aliphatic carbocycles. The molecule has 0 fully saturated rings. The zero-order chi connectivity index (χ0) is 7.98. The van der Waals surface area contributed by atoms with Gasteiger partial charge in [0.05, 0.1) is 13.7 Å². The van der Waals surface area contributed by atoms with Crippen molar-refractivity contribution in [3.05, 3.63) is 0 Å². The molecule has 0 aromatic heterocycles. The molecular formula is C5H10N2O3. The second-order valence-corrected chi connectivity index (χ2v) is 1.38. The van der Waals surface area contributed by atoms with Crippen molar-refractivity contribution in [2.75, 3.05) is 13.7 Å². The van der Waals surface area contributed by atoms with Gasteiger partial charge in [0, 0.05) is 0 Å². The van der Waals surface area contributed by atoms with E-state index in [2.05, 4.69) is 9.47 Å². The average Bonchev–Trinajstić information content (AvgIpc) is 1.88. The number of hydrogen-bond donors (Lipinski definition) is 2. The summed E-state index contributed by atoms with van der Waals surface area (Å²) in [4.78, 5) is 10.3. The molecule has 0 atom stereocenters. The molecule has 10 heavy (non-hydrogen) atoms. The number of carbonyl (C=O) groups excluding carboxylic acids is 1. The van der Waals surface area contributed by atoms with Crippen LogP contribution in [0, 0.1) is 5.41 Å². The van der Waals surface area contributed by atoms with Crippen LogP contribution in [0.5, 0.6) is 0 Å². The number of methoxy groups -OCH3 is 1. The molecule has 2 N–H and O–H groups in total. The molecule has 0 aromatic carbocycles. The molecule has 0 radical (unpaired) electrons. The van der Waals surface area contributed by atoms with Crippen molar-refractivity contribution in [1.29, 1.82) is 5.41 Å². The number of ether oxygens (including phenoxy) is 2. The van der Waals surface area contributed by atoms with Gasteiger partial charge in [0.2, 0.25) is 0 Å². The summed E-state index contributed by atoms with van der Waals surface area (Å²) in [7, 11) is 1.22. The topological polar surface area (TPSA) is 71.4 Å². The molecule has 0 spiro atoms. The Balaban J connectivity index is 3.47. The first-order valence-corrected chi connectivity index (χ1v) is 2.77. The largest absolute Gasteiger partial charge is 0.465 e. The van der Waals surface area contributed by atoms with Crippen LogP contribution in [0.25, 0.3) is 0 Å². The number of alkyl carbamates (subject to hydrolysis) is 1. The molecule has 0 rings (SSSR count). The van der Waals surface area contributed by atoms with Gasteiger partial charge in [0.25, 0.3) is 6.02 Å². The SMILES string of the molecule is CCOC(=N)NC(=O)OC. The Morgan fingerprint density at radius 2 is 2.30 bits per heavy atom. The fourth-order valence-electron chi connectivity index (χ4n) is 0.324. The summed E-state index contributed by atoms with van der Waals surface area (Å²) in [6, 6.07) is -0.297. The smallest absolute Gasteiger partial charge is 0.414 e. The van der Waals surface area contributed by atoms with E-state index in [1.807, 2.05) is 5.32 Å². The van der Waals surface area contributed by atoms with Gasteiger partial charge in [-0.3, -0.25) is 5.41 Å². The van der Waals surface area contributed by atoms with Gasteiger partial charge in [0.1, 0.15) is 0 Å². The minimum absolute atomic E-state index is 0.297. The van der Waals surface area contributed by atoms with E-state index < -0.39 is 6.09 Å². The van der Waals surface area contributed by atoms with Crippen LogP contribution in [0.1, 0.15) is 6.92 Å². The van der Waals surface area contributed by atoms with Crippen molar-refractivity contribution >= 4 is 12.1 Å². The molecular weight excluding hydrogens is 136 g/mol. The number of hydrogen-bond acceptors (Lipinski definition) is 4. The van der Waals surface area contributed by atoms with Crippen LogP contribution in [0.4, 0.5) is 4.79 Å². The summed E-state index contributed by atoms with van der Waals surface area (Å²) in [5.74, 6) is 0. The number of nitrogens with one attached hydrogen (secondary N) is 2. The lowest BCUT2D eigenvalue weighted by Crippen LogP contribution is -2.31. The summed E-state index contributed by atoms with van der Waals surface area (Å²) in [5, 5.41) is 8.92. The Hall–Kier alpha value is -1.26. The Morgan fingerprint density at radius 3 is 2.70 bits per heavy atom. The van der Waals surface area contributed by atoms with Gasteiger partial charge in [-0.05, 0) is 6.92 Å². The van der Waals surface area contributed by atoms with Crippen LogP contribution in [0.3, 0.4) is 0 Å². The predicted octanol–water partition coefficient (Wildman–Crippen LogP) is 0.314. The molecule has 1 amide bonds. The maximum Gasteiger partial charge on any atom is 0.414 e. The van der Waals surface area contributed by atoms with Gasteiger partial charge < -0.3 is 9.47 Å². The second kappa shape index (κ2) is 4.60. The zero-order valence-corrected chi connectivity index (χ0v) is 5.93. The van der Waals surface area contributed by atoms with E-state index in [1.165, 1.54) is 7.11 Å². The highest BCUT2D eigenvalue weighted by Crippen LogP contribution is 1.75. The van der Waals surface area contributed by atoms with Gasteiger partial charge in [-0.1, -0.05) is 0 Å². The van der Waals surface area contributed by atoms with Gasteiger partial charge in [-0.2, -0.15) is 0 Å². The minimum atomic E-state index is -0.696. The number of amidine groups is 1. The third-order valence-electron chi connectivity index (χ3n) is 0.690. The van der Waals surface area contributed by atoms with E-state index in [-0.39, 0.29) is 6.02 Å². The molecule has 0 aliphatic rings. The highest BCUT2D eigenvalue weighted by Gasteiger charge is 2.01. The lowest BCUT2D eigenvalue weighted by atomic mass is 10.8. The Morgan fingerprint density at radius 1 is 1.70 bits per heavy atom. The van der Waals surface area contributed by atoms with Gasteiger partial charge in [-0.25, -0.2) is 10.1 Å². The Kier molecular flexibility index (Phi) is 4.02. The fraction of sp³-hybridized carbons (Fsp3) is 0.600. The van der Waals surface area contributed by atoms with Gasteiger partial charge in [-0.15, -0.1) is 0 Å². The molecule has 0 aromatic rings. The third-order valence-corrected chi connectivity index (χ3v) is 0.690.